The quantitative estimate of drug-likeness (QED) is 0.658. The average molecular weight is 172 g/mol. The molecule has 1 saturated carbocycles. The number of carbonyl (C=O) groups is 1. The first-order valence-electron chi connectivity index (χ1n) is 4.90. The number of aliphatic hydroxyl groups excluding tert-OH is 1. The number of carbonyl (C=O) groups excluding carboxylic acids is 1. The van der Waals surface area contributed by atoms with Gasteiger partial charge in [-0.25, -0.2) is 0 Å². The first-order chi connectivity index (χ1) is 5.72. The molecule has 1 aliphatic carbocycles. The van der Waals surface area contributed by atoms with Crippen molar-refractivity contribution in [1.29, 1.82) is 0 Å². The average Bonchev–Trinajstić information content (AvgIpc) is 2.08. The van der Waals surface area contributed by atoms with Gasteiger partial charge >= 0.3 is 0 Å². The molecule has 0 bridgehead atoms. The van der Waals surface area contributed by atoms with Crippen molar-refractivity contribution in [3.8, 4) is 0 Å². The van der Waals surface area contributed by atoms with Crippen LogP contribution >= 0.6 is 0 Å². The summed E-state index contributed by atoms with van der Waals surface area (Å²) < 4.78 is 0. The van der Waals surface area contributed by atoms with Crippen molar-refractivity contribution in [2.45, 2.75) is 52.6 Å². The van der Waals surface area contributed by atoms with Crippen LogP contribution < -0.4 is 0 Å². The van der Waals surface area contributed by atoms with Gasteiger partial charge in [-0.3, -0.25) is 4.79 Å². The summed E-state index contributed by atoms with van der Waals surface area (Å²) in [6.45, 7) is 5.57. The maximum atomic E-state index is 10.8. The molecule has 0 aliphatic heterocycles. The van der Waals surface area contributed by atoms with E-state index in [4.69, 9.17) is 0 Å². The fourth-order valence-corrected chi connectivity index (χ4v) is 1.59. The molecule has 0 aromatic heterocycles. The summed E-state index contributed by atoms with van der Waals surface area (Å²) in [7, 11) is 0. The number of rotatable bonds is 1. The summed E-state index contributed by atoms with van der Waals surface area (Å²) in [6.07, 6.45) is 3.51. The van der Waals surface area contributed by atoms with Crippen LogP contribution in [0.15, 0.2) is 0 Å². The van der Waals surface area contributed by atoms with Crippen LogP contribution in [0.3, 0.4) is 0 Å². The second kappa shape index (κ2) is 6.18. The van der Waals surface area contributed by atoms with Gasteiger partial charge in [0.2, 0.25) is 0 Å². The Morgan fingerprint density at radius 1 is 1.25 bits per heavy atom. The standard InChI is InChI=1S/C8H14O2.C2H6/c1-6(9)7-4-2-3-5-8(7)10;1-2/h7-8,10H,2-5H2,1H3;1-2H3. The monoisotopic (exact) mass is 172 g/mol. The SMILES string of the molecule is CC.CC(=O)C1CCCCC1O. The highest BCUT2D eigenvalue weighted by Crippen LogP contribution is 2.24. The van der Waals surface area contributed by atoms with Gasteiger partial charge < -0.3 is 5.11 Å². The number of Topliss-reactive ketones (excluding diaryl/α,β-unsaturated/α-hetero) is 1. The first-order valence-corrected chi connectivity index (χ1v) is 4.90. The van der Waals surface area contributed by atoms with Crippen LogP contribution in [-0.4, -0.2) is 17.0 Å². The summed E-state index contributed by atoms with van der Waals surface area (Å²) in [5, 5.41) is 9.32. The van der Waals surface area contributed by atoms with Gasteiger partial charge in [0.05, 0.1) is 6.10 Å². The normalized spacial score (nSPS) is 28.7. The highest BCUT2D eigenvalue weighted by atomic mass is 16.3. The molecule has 0 saturated heterocycles. The predicted octanol–water partition coefficient (Wildman–Crippen LogP) is 2.15. The van der Waals surface area contributed by atoms with Crippen LogP contribution in [0.5, 0.6) is 0 Å². The highest BCUT2D eigenvalue weighted by molar-refractivity contribution is 5.78. The molecule has 12 heavy (non-hydrogen) atoms. The van der Waals surface area contributed by atoms with Gasteiger partial charge in [0.15, 0.2) is 0 Å². The van der Waals surface area contributed by atoms with Crippen molar-refractivity contribution in [3.05, 3.63) is 0 Å². The molecule has 2 heteroatoms. The Morgan fingerprint density at radius 2 is 1.75 bits per heavy atom. The van der Waals surface area contributed by atoms with Crippen molar-refractivity contribution in [1.82, 2.24) is 0 Å². The molecule has 2 nitrogen and oxygen atoms in total. The van der Waals surface area contributed by atoms with E-state index in [-0.39, 0.29) is 17.8 Å². The summed E-state index contributed by atoms with van der Waals surface area (Å²) in [4.78, 5) is 10.8. The molecule has 0 radical (unpaired) electrons. The lowest BCUT2D eigenvalue weighted by atomic mass is 9.84. The summed E-state index contributed by atoms with van der Waals surface area (Å²) >= 11 is 0. The Bertz CT molecular complexity index is 132. The summed E-state index contributed by atoms with van der Waals surface area (Å²) in [5.74, 6) is 0.0842. The number of ketones is 1. The van der Waals surface area contributed by atoms with Gasteiger partial charge in [-0.2, -0.15) is 0 Å². The topological polar surface area (TPSA) is 37.3 Å². The van der Waals surface area contributed by atoms with E-state index in [0.29, 0.717) is 0 Å². The molecule has 0 aromatic carbocycles. The Morgan fingerprint density at radius 3 is 2.08 bits per heavy atom. The van der Waals surface area contributed by atoms with E-state index in [1.165, 1.54) is 0 Å². The fourth-order valence-electron chi connectivity index (χ4n) is 1.59. The van der Waals surface area contributed by atoms with E-state index in [0.717, 1.165) is 25.7 Å². The van der Waals surface area contributed by atoms with Crippen molar-refractivity contribution < 1.29 is 9.90 Å². The molecule has 0 aromatic rings. The van der Waals surface area contributed by atoms with E-state index in [9.17, 15) is 9.90 Å². The van der Waals surface area contributed by atoms with Gasteiger partial charge in [0.25, 0.3) is 0 Å². The van der Waals surface area contributed by atoms with Crippen LogP contribution in [0.1, 0.15) is 46.5 Å². The van der Waals surface area contributed by atoms with Crippen LogP contribution in [-0.2, 0) is 4.79 Å². The summed E-state index contributed by atoms with van der Waals surface area (Å²) in [5.41, 5.74) is 0. The van der Waals surface area contributed by atoms with Crippen LogP contribution in [0.4, 0.5) is 0 Å². The molecule has 2 atom stereocenters. The Kier molecular flexibility index (Phi) is 5.99. The third-order valence-corrected chi connectivity index (χ3v) is 2.25. The van der Waals surface area contributed by atoms with Crippen molar-refractivity contribution in [2.75, 3.05) is 0 Å². The third kappa shape index (κ3) is 3.35. The zero-order valence-electron chi connectivity index (χ0n) is 8.34. The zero-order valence-corrected chi connectivity index (χ0v) is 8.34. The van der Waals surface area contributed by atoms with E-state index >= 15 is 0 Å². The number of hydrogen-bond donors (Lipinski definition) is 1. The Hall–Kier alpha value is -0.370. The van der Waals surface area contributed by atoms with Gasteiger partial charge in [0, 0.05) is 5.92 Å². The minimum Gasteiger partial charge on any atom is -0.392 e. The van der Waals surface area contributed by atoms with E-state index in [1.807, 2.05) is 13.8 Å². The maximum absolute atomic E-state index is 10.8. The second-order valence-corrected chi connectivity index (χ2v) is 3.07. The zero-order chi connectivity index (χ0) is 9.56. The van der Waals surface area contributed by atoms with E-state index in [2.05, 4.69) is 0 Å². The van der Waals surface area contributed by atoms with Crippen molar-refractivity contribution in [3.63, 3.8) is 0 Å². The Labute approximate surface area is 75.0 Å². The largest absolute Gasteiger partial charge is 0.392 e. The molecule has 0 spiro atoms. The third-order valence-electron chi connectivity index (χ3n) is 2.25. The molecular formula is C10H20O2. The molecular weight excluding hydrogens is 152 g/mol. The minimum absolute atomic E-state index is 0.0613. The molecule has 1 aliphatic rings. The van der Waals surface area contributed by atoms with Crippen molar-refractivity contribution >= 4 is 5.78 Å². The minimum atomic E-state index is -0.355. The molecule has 0 amide bonds. The first kappa shape index (κ1) is 11.6. The lowest BCUT2D eigenvalue weighted by Gasteiger charge is -2.24. The highest BCUT2D eigenvalue weighted by Gasteiger charge is 2.26. The predicted molar refractivity (Wildman–Crippen MR) is 50.0 cm³/mol. The lowest BCUT2D eigenvalue weighted by Crippen LogP contribution is -2.29. The Balaban J connectivity index is 0.000000561. The number of hydrogen-bond acceptors (Lipinski definition) is 2. The molecule has 1 N–H and O–H groups in total. The van der Waals surface area contributed by atoms with E-state index < -0.39 is 0 Å². The maximum Gasteiger partial charge on any atom is 0.135 e. The molecule has 72 valence electrons. The van der Waals surface area contributed by atoms with Gasteiger partial charge in [-0.1, -0.05) is 26.7 Å². The fraction of sp³-hybridized carbons (Fsp3) is 0.900. The lowest BCUT2D eigenvalue weighted by molar-refractivity contribution is -0.125. The van der Waals surface area contributed by atoms with Crippen LogP contribution in [0.25, 0.3) is 0 Å². The van der Waals surface area contributed by atoms with Crippen LogP contribution in [0, 0.1) is 5.92 Å². The van der Waals surface area contributed by atoms with Gasteiger partial charge in [-0.15, -0.1) is 0 Å². The van der Waals surface area contributed by atoms with Gasteiger partial charge in [-0.05, 0) is 19.8 Å². The van der Waals surface area contributed by atoms with E-state index in [1.54, 1.807) is 6.92 Å². The summed E-state index contributed by atoms with van der Waals surface area (Å²) in [6, 6.07) is 0. The molecule has 1 fully saturated rings. The molecule has 0 heterocycles. The van der Waals surface area contributed by atoms with Crippen molar-refractivity contribution in [2.24, 2.45) is 5.92 Å². The molecule has 1 rings (SSSR count). The smallest absolute Gasteiger partial charge is 0.135 e. The van der Waals surface area contributed by atoms with Crippen LogP contribution in [0.2, 0.25) is 0 Å². The van der Waals surface area contributed by atoms with Gasteiger partial charge in [0.1, 0.15) is 5.78 Å². The molecule has 2 unspecified atom stereocenters. The number of aliphatic hydroxyl groups is 1. The second-order valence-electron chi connectivity index (χ2n) is 3.07.